The fourth-order valence-corrected chi connectivity index (χ4v) is 12.4. The molecule has 0 N–H and O–H groups in total. The molecule has 2 heteroatoms. The number of benzene rings is 12. The van der Waals surface area contributed by atoms with E-state index < -0.39 is 0 Å². The van der Waals surface area contributed by atoms with Crippen LogP contribution in [0.1, 0.15) is 49.9 Å². The first kappa shape index (κ1) is 42.2. The van der Waals surface area contributed by atoms with Crippen molar-refractivity contribution in [2.45, 2.75) is 38.5 Å². The Balaban J connectivity index is 0.785. The van der Waals surface area contributed by atoms with Crippen LogP contribution in [0.15, 0.2) is 243 Å². The van der Waals surface area contributed by atoms with E-state index in [1.54, 1.807) is 0 Å². The number of anilines is 6. The zero-order valence-electron chi connectivity index (χ0n) is 41.0. The zero-order chi connectivity index (χ0) is 48.3. The molecule has 342 valence electrons. The van der Waals surface area contributed by atoms with Crippen LogP contribution in [-0.4, -0.2) is 0 Å². The molecule has 0 spiro atoms. The molecule has 12 aromatic carbocycles. The van der Waals surface area contributed by atoms with Gasteiger partial charge < -0.3 is 9.80 Å². The van der Waals surface area contributed by atoms with E-state index in [2.05, 4.69) is 280 Å². The van der Waals surface area contributed by atoms with E-state index in [0.29, 0.717) is 0 Å². The smallest absolute Gasteiger partial charge is 0.0467 e. The molecule has 72 heavy (non-hydrogen) atoms. The highest BCUT2D eigenvalue weighted by Crippen LogP contribution is 2.52. The molecule has 0 saturated heterocycles. The molecule has 12 aromatic rings. The van der Waals surface area contributed by atoms with Crippen molar-refractivity contribution in [3.8, 4) is 33.4 Å². The molecule has 2 nitrogen and oxygen atoms in total. The minimum atomic E-state index is -0.0747. The third-order valence-electron chi connectivity index (χ3n) is 16.1. The molecule has 0 aromatic heterocycles. The van der Waals surface area contributed by atoms with E-state index in [0.717, 1.165) is 34.1 Å². The van der Waals surface area contributed by atoms with Gasteiger partial charge in [0.1, 0.15) is 0 Å². The van der Waals surface area contributed by atoms with Crippen molar-refractivity contribution in [3.63, 3.8) is 0 Å². The molecule has 2 aliphatic carbocycles. The first-order chi connectivity index (χ1) is 35.2. The molecular weight excluding hydrogens is 869 g/mol. The predicted molar refractivity (Wildman–Crippen MR) is 306 cm³/mol. The lowest BCUT2D eigenvalue weighted by Crippen LogP contribution is -2.15. The highest BCUT2D eigenvalue weighted by Gasteiger charge is 2.36. The van der Waals surface area contributed by atoms with Crippen molar-refractivity contribution < 1.29 is 0 Å². The second-order valence-electron chi connectivity index (χ2n) is 21.0. The van der Waals surface area contributed by atoms with Crippen LogP contribution in [0.4, 0.5) is 34.1 Å². The average Bonchev–Trinajstić information content (AvgIpc) is 3.81. The molecule has 0 bridgehead atoms. The third kappa shape index (κ3) is 6.49. The van der Waals surface area contributed by atoms with Crippen molar-refractivity contribution >= 4 is 77.2 Å². The fourth-order valence-electron chi connectivity index (χ4n) is 12.4. The van der Waals surface area contributed by atoms with Crippen molar-refractivity contribution in [3.05, 3.63) is 265 Å². The summed E-state index contributed by atoms with van der Waals surface area (Å²) < 4.78 is 0. The Hall–Kier alpha value is -8.72. The monoisotopic (exact) mass is 920 g/mol. The number of nitrogens with zero attached hydrogens (tertiary/aromatic N) is 2. The Morgan fingerprint density at radius 3 is 0.986 bits per heavy atom. The Morgan fingerprint density at radius 1 is 0.222 bits per heavy atom. The molecule has 0 amide bonds. The first-order valence-corrected chi connectivity index (χ1v) is 25.3. The molecule has 0 radical (unpaired) electrons. The summed E-state index contributed by atoms with van der Waals surface area (Å²) in [5, 5.41) is 10.9. The van der Waals surface area contributed by atoms with Gasteiger partial charge in [-0.15, -0.1) is 0 Å². The minimum Gasteiger partial charge on any atom is -0.310 e. The second kappa shape index (κ2) is 15.9. The summed E-state index contributed by atoms with van der Waals surface area (Å²) in [6.45, 7) is 9.51. The maximum absolute atomic E-state index is 2.44. The van der Waals surface area contributed by atoms with Gasteiger partial charge in [0.25, 0.3) is 0 Å². The highest BCUT2D eigenvalue weighted by molar-refractivity contribution is 6.17. The number of rotatable bonds is 9. The normalized spacial score (nSPS) is 13.8. The predicted octanol–water partition coefficient (Wildman–Crippen LogP) is 19.5. The quantitative estimate of drug-likeness (QED) is 0.133. The van der Waals surface area contributed by atoms with E-state index >= 15 is 0 Å². The molecule has 2 aliphatic rings. The molecular formula is C70H52N2. The number of hydrogen-bond acceptors (Lipinski definition) is 2. The van der Waals surface area contributed by atoms with Crippen molar-refractivity contribution in [2.24, 2.45) is 0 Å². The van der Waals surface area contributed by atoms with Crippen LogP contribution in [0.25, 0.3) is 76.5 Å². The van der Waals surface area contributed by atoms with Gasteiger partial charge in [0, 0.05) is 45.0 Å². The summed E-state index contributed by atoms with van der Waals surface area (Å²) >= 11 is 0. The van der Waals surface area contributed by atoms with Gasteiger partial charge in [-0.2, -0.15) is 0 Å². The maximum atomic E-state index is 2.44. The molecule has 0 atom stereocenters. The second-order valence-corrected chi connectivity index (χ2v) is 21.0. The van der Waals surface area contributed by atoms with Crippen molar-refractivity contribution in [1.82, 2.24) is 0 Å². The van der Waals surface area contributed by atoms with Gasteiger partial charge >= 0.3 is 0 Å². The first-order valence-electron chi connectivity index (χ1n) is 25.3. The highest BCUT2D eigenvalue weighted by atomic mass is 15.1. The lowest BCUT2D eigenvalue weighted by atomic mass is 9.81. The van der Waals surface area contributed by atoms with Crippen molar-refractivity contribution in [1.29, 1.82) is 0 Å². The van der Waals surface area contributed by atoms with E-state index in [1.165, 1.54) is 98.7 Å². The summed E-state index contributed by atoms with van der Waals surface area (Å²) in [6.07, 6.45) is 0. The standard InChI is InChI=1S/C70H52N2/c1-69(2)61-25-13-15-47-27-29-51-39-53(43-63(69)67(51)65(47)61)49-17-11-23-59(41-49)71(55-19-7-5-8-20-55)57-35-31-45(32-36-57)46-33-37-58(38-34-46)72(56-21-9-6-10-22-56)60-24-12-18-50(42-60)54-40-52-30-28-48-16-14-26-62-66(48)68(52)64(44-54)70(62,3)4/h5-44H,1-4H3. The van der Waals surface area contributed by atoms with Gasteiger partial charge in [0.15, 0.2) is 0 Å². The van der Waals surface area contributed by atoms with Gasteiger partial charge in [-0.3, -0.25) is 0 Å². The SMILES string of the molecule is CC1(C)c2cccc3ccc4cc(-c5cccc(N(c6ccccc6)c6ccc(-c7ccc(N(c8ccccc8)c8cccc(-c9cc%10c%11c(ccc%12cccc(c%12%11)C%10(C)C)c9)c8)cc7)cc6)c5)cc1c4c23. The number of hydrogen-bond donors (Lipinski definition) is 0. The van der Waals surface area contributed by atoms with Crippen LogP contribution in [-0.2, 0) is 10.8 Å². The Bertz CT molecular complexity index is 3860. The summed E-state index contributed by atoms with van der Waals surface area (Å²) in [5.74, 6) is 0. The summed E-state index contributed by atoms with van der Waals surface area (Å²) in [4.78, 5) is 4.74. The van der Waals surface area contributed by atoms with Crippen LogP contribution in [0.3, 0.4) is 0 Å². The average molecular weight is 921 g/mol. The molecule has 0 aliphatic heterocycles. The Labute approximate surface area is 421 Å². The Kier molecular flexibility index (Phi) is 9.32. The zero-order valence-corrected chi connectivity index (χ0v) is 41.0. The van der Waals surface area contributed by atoms with E-state index in [9.17, 15) is 0 Å². The summed E-state index contributed by atoms with van der Waals surface area (Å²) in [6, 6.07) is 90.0. The molecule has 0 fully saturated rings. The lowest BCUT2D eigenvalue weighted by molar-refractivity contribution is 0.663. The molecule has 0 unspecified atom stereocenters. The summed E-state index contributed by atoms with van der Waals surface area (Å²) in [5.41, 5.74) is 19.4. The van der Waals surface area contributed by atoms with E-state index in [-0.39, 0.29) is 10.8 Å². The third-order valence-corrected chi connectivity index (χ3v) is 16.1. The minimum absolute atomic E-state index is 0.0747. The van der Waals surface area contributed by atoms with Gasteiger partial charge in [0.05, 0.1) is 0 Å². The number of para-hydroxylation sites is 2. The summed E-state index contributed by atoms with van der Waals surface area (Å²) in [7, 11) is 0. The fraction of sp³-hybridized carbons (Fsp3) is 0.0857. The van der Waals surface area contributed by atoms with Crippen molar-refractivity contribution in [2.75, 3.05) is 9.80 Å². The van der Waals surface area contributed by atoms with Crippen LogP contribution in [0, 0.1) is 0 Å². The van der Waals surface area contributed by atoms with E-state index in [4.69, 9.17) is 0 Å². The topological polar surface area (TPSA) is 6.48 Å². The largest absolute Gasteiger partial charge is 0.310 e. The van der Waals surface area contributed by atoms with Gasteiger partial charge in [-0.25, -0.2) is 0 Å². The van der Waals surface area contributed by atoms with Crippen LogP contribution in [0.2, 0.25) is 0 Å². The Morgan fingerprint density at radius 2 is 0.569 bits per heavy atom. The van der Waals surface area contributed by atoms with Gasteiger partial charge in [0.2, 0.25) is 0 Å². The van der Waals surface area contributed by atoms with Gasteiger partial charge in [-0.1, -0.05) is 173 Å². The van der Waals surface area contributed by atoms with E-state index in [1.807, 2.05) is 0 Å². The molecule has 0 saturated carbocycles. The van der Waals surface area contributed by atoms with Gasteiger partial charge in [-0.05, 0) is 196 Å². The lowest BCUT2D eigenvalue weighted by Gasteiger charge is -2.27. The molecule has 14 rings (SSSR count). The molecule has 0 heterocycles. The van der Waals surface area contributed by atoms with Crippen LogP contribution in [0.5, 0.6) is 0 Å². The van der Waals surface area contributed by atoms with Crippen LogP contribution < -0.4 is 9.80 Å². The maximum Gasteiger partial charge on any atom is 0.0467 e. The van der Waals surface area contributed by atoms with Crippen LogP contribution >= 0.6 is 0 Å².